The minimum absolute atomic E-state index is 0.124. The highest BCUT2D eigenvalue weighted by Crippen LogP contribution is 2.57. The van der Waals surface area contributed by atoms with Gasteiger partial charge >= 0.3 is 0 Å². The summed E-state index contributed by atoms with van der Waals surface area (Å²) in [5.41, 5.74) is 1.36. The van der Waals surface area contributed by atoms with Crippen LogP contribution < -0.4 is 9.47 Å². The lowest BCUT2D eigenvalue weighted by molar-refractivity contribution is -0.0377. The Balaban J connectivity index is 1.58. The molecule has 3 heteroatoms. The van der Waals surface area contributed by atoms with Gasteiger partial charge in [0.1, 0.15) is 11.7 Å². The van der Waals surface area contributed by atoms with Crippen molar-refractivity contribution in [1.82, 2.24) is 0 Å². The molecule has 2 aliphatic carbocycles. The third-order valence-electron chi connectivity index (χ3n) is 5.54. The maximum Gasteiger partial charge on any atom is 0.165 e. The molecule has 1 aromatic rings. The van der Waals surface area contributed by atoms with Crippen LogP contribution in [0.15, 0.2) is 18.2 Å². The molecule has 21 heavy (non-hydrogen) atoms. The SMILES string of the molecule is CC1(C)Cc2cccc(OC3CC(Cl)C34CCCC4)c2O1. The lowest BCUT2D eigenvalue weighted by Gasteiger charge is -2.51. The highest BCUT2D eigenvalue weighted by Gasteiger charge is 2.57. The zero-order valence-corrected chi connectivity index (χ0v) is 13.6. The maximum atomic E-state index is 6.52. The van der Waals surface area contributed by atoms with Crippen LogP contribution in [-0.2, 0) is 6.42 Å². The van der Waals surface area contributed by atoms with E-state index in [1.807, 2.05) is 6.07 Å². The van der Waals surface area contributed by atoms with E-state index in [4.69, 9.17) is 21.1 Å². The normalized spacial score (nSPS) is 31.6. The van der Waals surface area contributed by atoms with Gasteiger partial charge in [-0.05, 0) is 32.8 Å². The highest BCUT2D eigenvalue weighted by molar-refractivity contribution is 6.21. The van der Waals surface area contributed by atoms with Crippen LogP contribution in [0.3, 0.4) is 0 Å². The van der Waals surface area contributed by atoms with Gasteiger partial charge in [0.2, 0.25) is 0 Å². The largest absolute Gasteiger partial charge is 0.486 e. The van der Waals surface area contributed by atoms with Gasteiger partial charge < -0.3 is 9.47 Å². The van der Waals surface area contributed by atoms with Gasteiger partial charge in [0.15, 0.2) is 11.5 Å². The Bertz CT molecular complexity index is 560. The molecule has 0 radical (unpaired) electrons. The Labute approximate surface area is 131 Å². The topological polar surface area (TPSA) is 18.5 Å². The van der Waals surface area contributed by atoms with Crippen molar-refractivity contribution in [3.63, 3.8) is 0 Å². The van der Waals surface area contributed by atoms with Crippen LogP contribution in [-0.4, -0.2) is 17.1 Å². The molecule has 1 aliphatic heterocycles. The lowest BCUT2D eigenvalue weighted by atomic mass is 9.64. The Morgan fingerprint density at radius 2 is 2.00 bits per heavy atom. The number of para-hydroxylation sites is 1. The molecule has 0 bridgehead atoms. The van der Waals surface area contributed by atoms with Crippen LogP contribution >= 0.6 is 11.6 Å². The summed E-state index contributed by atoms with van der Waals surface area (Å²) in [6.45, 7) is 4.26. The molecule has 2 saturated carbocycles. The van der Waals surface area contributed by atoms with Crippen molar-refractivity contribution in [3.8, 4) is 11.5 Å². The second kappa shape index (κ2) is 4.55. The molecule has 2 atom stereocenters. The van der Waals surface area contributed by atoms with Gasteiger partial charge in [-0.25, -0.2) is 0 Å². The number of benzene rings is 1. The number of hydrogen-bond donors (Lipinski definition) is 0. The summed E-state index contributed by atoms with van der Waals surface area (Å²) in [4.78, 5) is 0. The van der Waals surface area contributed by atoms with Crippen molar-refractivity contribution in [1.29, 1.82) is 0 Å². The summed E-state index contributed by atoms with van der Waals surface area (Å²) in [6.07, 6.45) is 7.20. The molecule has 1 spiro atoms. The fourth-order valence-corrected chi connectivity index (χ4v) is 4.89. The molecule has 3 aliphatic rings. The van der Waals surface area contributed by atoms with Gasteiger partial charge in [0, 0.05) is 29.2 Å². The Hall–Kier alpha value is -0.890. The van der Waals surface area contributed by atoms with E-state index in [1.54, 1.807) is 0 Å². The molecule has 0 amide bonds. The molecule has 1 aromatic carbocycles. The van der Waals surface area contributed by atoms with Gasteiger partial charge in [-0.1, -0.05) is 25.0 Å². The summed E-state index contributed by atoms with van der Waals surface area (Å²) in [5.74, 6) is 1.87. The first kappa shape index (κ1) is 13.8. The average molecular weight is 307 g/mol. The zero-order valence-electron chi connectivity index (χ0n) is 12.8. The van der Waals surface area contributed by atoms with E-state index in [1.165, 1.54) is 31.2 Å². The van der Waals surface area contributed by atoms with E-state index in [0.29, 0.717) is 5.38 Å². The van der Waals surface area contributed by atoms with Crippen molar-refractivity contribution < 1.29 is 9.47 Å². The number of alkyl halides is 1. The van der Waals surface area contributed by atoms with E-state index in [0.717, 1.165) is 24.3 Å². The number of rotatable bonds is 2. The van der Waals surface area contributed by atoms with Gasteiger partial charge in [-0.3, -0.25) is 0 Å². The van der Waals surface area contributed by atoms with Crippen LogP contribution in [0, 0.1) is 5.41 Å². The standard InChI is InChI=1S/C18H23ClO2/c1-17(2)11-12-6-5-7-13(16(12)21-17)20-15-10-14(19)18(15)8-3-4-9-18/h5-7,14-15H,3-4,8-11H2,1-2H3. The first-order chi connectivity index (χ1) is 10.0. The minimum atomic E-state index is -0.124. The molecule has 0 saturated heterocycles. The number of fused-ring (bicyclic) bond motifs is 1. The van der Waals surface area contributed by atoms with E-state index in [-0.39, 0.29) is 17.1 Å². The quantitative estimate of drug-likeness (QED) is 0.736. The molecule has 2 nitrogen and oxygen atoms in total. The molecular weight excluding hydrogens is 284 g/mol. The summed E-state index contributed by atoms with van der Waals surface area (Å²) in [5, 5.41) is 0.291. The van der Waals surface area contributed by atoms with Crippen molar-refractivity contribution in [2.24, 2.45) is 5.41 Å². The molecule has 0 N–H and O–H groups in total. The zero-order chi connectivity index (χ0) is 14.7. The van der Waals surface area contributed by atoms with Crippen molar-refractivity contribution in [2.45, 2.75) is 69.5 Å². The predicted molar refractivity (Wildman–Crippen MR) is 84.4 cm³/mol. The minimum Gasteiger partial charge on any atom is -0.486 e. The number of ether oxygens (including phenoxy) is 2. The second-order valence-electron chi connectivity index (χ2n) is 7.53. The fraction of sp³-hybridized carbons (Fsp3) is 0.667. The molecule has 2 fully saturated rings. The molecular formula is C18H23ClO2. The number of halogens is 1. The van der Waals surface area contributed by atoms with Gasteiger partial charge in [0.05, 0.1) is 0 Å². The third-order valence-corrected chi connectivity index (χ3v) is 6.16. The number of hydrogen-bond acceptors (Lipinski definition) is 2. The smallest absolute Gasteiger partial charge is 0.165 e. The second-order valence-corrected chi connectivity index (χ2v) is 8.06. The van der Waals surface area contributed by atoms with Crippen molar-refractivity contribution >= 4 is 11.6 Å². The molecule has 1 heterocycles. The van der Waals surface area contributed by atoms with Crippen LogP contribution in [0.2, 0.25) is 0 Å². The first-order valence-electron chi connectivity index (χ1n) is 8.12. The summed E-state index contributed by atoms with van der Waals surface area (Å²) in [6, 6.07) is 6.27. The van der Waals surface area contributed by atoms with E-state index >= 15 is 0 Å². The summed E-state index contributed by atoms with van der Waals surface area (Å²) in [7, 11) is 0. The van der Waals surface area contributed by atoms with Crippen molar-refractivity contribution in [2.75, 3.05) is 0 Å². The third kappa shape index (κ3) is 2.06. The van der Waals surface area contributed by atoms with Gasteiger partial charge in [0.25, 0.3) is 0 Å². The van der Waals surface area contributed by atoms with Gasteiger partial charge in [-0.15, -0.1) is 11.6 Å². The van der Waals surface area contributed by atoms with Crippen LogP contribution in [0.4, 0.5) is 0 Å². The molecule has 2 unspecified atom stereocenters. The van der Waals surface area contributed by atoms with Crippen LogP contribution in [0.5, 0.6) is 11.5 Å². The first-order valence-corrected chi connectivity index (χ1v) is 8.55. The van der Waals surface area contributed by atoms with E-state index in [2.05, 4.69) is 26.0 Å². The fourth-order valence-electron chi connectivity index (χ4n) is 4.37. The Morgan fingerprint density at radius 3 is 2.71 bits per heavy atom. The summed E-state index contributed by atoms with van der Waals surface area (Å²) >= 11 is 6.52. The van der Waals surface area contributed by atoms with Gasteiger partial charge in [-0.2, -0.15) is 0 Å². The highest BCUT2D eigenvalue weighted by atomic mass is 35.5. The summed E-state index contributed by atoms with van der Waals surface area (Å²) < 4.78 is 12.5. The lowest BCUT2D eigenvalue weighted by Crippen LogP contribution is -2.55. The Morgan fingerprint density at radius 1 is 1.24 bits per heavy atom. The van der Waals surface area contributed by atoms with E-state index in [9.17, 15) is 0 Å². The monoisotopic (exact) mass is 306 g/mol. The molecule has 0 aromatic heterocycles. The Kier molecular flexibility index (Phi) is 2.98. The molecule has 4 rings (SSSR count). The molecule has 114 valence electrons. The maximum absolute atomic E-state index is 6.52. The van der Waals surface area contributed by atoms with Crippen molar-refractivity contribution in [3.05, 3.63) is 23.8 Å². The van der Waals surface area contributed by atoms with E-state index < -0.39 is 0 Å². The van der Waals surface area contributed by atoms with Crippen LogP contribution in [0.1, 0.15) is 51.5 Å². The van der Waals surface area contributed by atoms with Crippen LogP contribution in [0.25, 0.3) is 0 Å². The predicted octanol–water partition coefficient (Wildman–Crippen LogP) is 4.72. The average Bonchev–Trinajstić information content (AvgIpc) is 3.03.